The largest absolute Gasteiger partial charge is 0.478 e. The summed E-state index contributed by atoms with van der Waals surface area (Å²) in [7, 11) is 0. The molecule has 0 saturated heterocycles. The average Bonchev–Trinajstić information content (AvgIpc) is 2.34. The number of carboxylic acid groups (broad SMARTS) is 1. The van der Waals surface area contributed by atoms with E-state index in [1.54, 1.807) is 0 Å². The van der Waals surface area contributed by atoms with Crippen LogP contribution in [-0.2, 0) is 4.79 Å². The number of carboxylic acids is 1. The number of benzene rings is 1. The van der Waals surface area contributed by atoms with Crippen molar-refractivity contribution in [3.05, 3.63) is 28.8 Å². The van der Waals surface area contributed by atoms with Crippen LogP contribution in [-0.4, -0.2) is 23.0 Å². The van der Waals surface area contributed by atoms with Crippen molar-refractivity contribution in [3.63, 3.8) is 0 Å². The van der Waals surface area contributed by atoms with Crippen molar-refractivity contribution in [1.29, 1.82) is 0 Å². The van der Waals surface area contributed by atoms with Crippen molar-refractivity contribution in [1.82, 2.24) is 0 Å². The number of halogens is 1. The molecule has 5 nitrogen and oxygen atoms in total. The first-order valence-corrected chi connectivity index (χ1v) is 6.42. The second-order valence-corrected chi connectivity index (χ2v) is 4.71. The van der Waals surface area contributed by atoms with Crippen molar-refractivity contribution < 1.29 is 14.7 Å². The minimum absolute atomic E-state index is 0.0185. The van der Waals surface area contributed by atoms with E-state index in [1.165, 1.54) is 18.2 Å². The number of aromatic carboxylic acids is 1. The molecular formula is C13H17ClN2O3. The molecule has 0 unspecified atom stereocenters. The van der Waals surface area contributed by atoms with E-state index in [4.69, 9.17) is 22.4 Å². The molecule has 1 atom stereocenters. The van der Waals surface area contributed by atoms with Gasteiger partial charge in [-0.05, 0) is 24.6 Å². The van der Waals surface area contributed by atoms with Crippen LogP contribution in [0.5, 0.6) is 0 Å². The summed E-state index contributed by atoms with van der Waals surface area (Å²) in [5.41, 5.74) is 6.08. The molecule has 0 aliphatic carbocycles. The van der Waals surface area contributed by atoms with Gasteiger partial charge in [0, 0.05) is 10.7 Å². The third-order valence-corrected chi connectivity index (χ3v) is 2.84. The molecule has 0 heterocycles. The van der Waals surface area contributed by atoms with Gasteiger partial charge in [0.25, 0.3) is 0 Å². The van der Waals surface area contributed by atoms with Crippen LogP contribution in [0.15, 0.2) is 18.2 Å². The zero-order valence-corrected chi connectivity index (χ0v) is 11.4. The maximum atomic E-state index is 11.8. The van der Waals surface area contributed by atoms with E-state index >= 15 is 0 Å². The standard InChI is InChI=1S/C13H17ClN2O3/c1-2-3-4-11(15)12(17)16-10-6-8(13(18)19)5-9(14)7-10/h5-7,11H,2-4,15H2,1H3,(H,16,17)(H,18,19)/t11-/m0/s1. The summed E-state index contributed by atoms with van der Waals surface area (Å²) in [6.45, 7) is 2.01. The van der Waals surface area contributed by atoms with Crippen LogP contribution in [0.25, 0.3) is 0 Å². The van der Waals surface area contributed by atoms with E-state index in [-0.39, 0.29) is 16.5 Å². The number of hydrogen-bond donors (Lipinski definition) is 3. The highest BCUT2D eigenvalue weighted by atomic mass is 35.5. The Morgan fingerprint density at radius 3 is 2.68 bits per heavy atom. The SMILES string of the molecule is CCCC[C@H](N)C(=O)Nc1cc(Cl)cc(C(=O)O)c1. The second-order valence-electron chi connectivity index (χ2n) is 4.27. The Kier molecular flexibility index (Phi) is 5.79. The Morgan fingerprint density at radius 2 is 2.11 bits per heavy atom. The first kappa shape index (κ1) is 15.5. The lowest BCUT2D eigenvalue weighted by atomic mass is 10.1. The summed E-state index contributed by atoms with van der Waals surface area (Å²) in [6, 6.07) is 3.54. The Labute approximate surface area is 116 Å². The van der Waals surface area contributed by atoms with Crippen LogP contribution in [0, 0.1) is 0 Å². The summed E-state index contributed by atoms with van der Waals surface area (Å²) < 4.78 is 0. The van der Waals surface area contributed by atoms with E-state index < -0.39 is 12.0 Å². The van der Waals surface area contributed by atoms with Crippen molar-refractivity contribution in [2.75, 3.05) is 5.32 Å². The van der Waals surface area contributed by atoms with Crippen LogP contribution in [0.2, 0.25) is 5.02 Å². The Balaban J connectivity index is 2.76. The van der Waals surface area contributed by atoms with E-state index in [1.807, 2.05) is 6.92 Å². The molecule has 104 valence electrons. The van der Waals surface area contributed by atoms with Crippen molar-refractivity contribution in [3.8, 4) is 0 Å². The number of nitrogens with one attached hydrogen (secondary N) is 1. The van der Waals surface area contributed by atoms with E-state index in [2.05, 4.69) is 5.32 Å². The first-order valence-electron chi connectivity index (χ1n) is 6.04. The smallest absolute Gasteiger partial charge is 0.335 e. The molecule has 0 bridgehead atoms. The van der Waals surface area contributed by atoms with E-state index in [9.17, 15) is 9.59 Å². The van der Waals surface area contributed by atoms with Crippen molar-refractivity contribution in [2.45, 2.75) is 32.2 Å². The minimum Gasteiger partial charge on any atom is -0.478 e. The number of nitrogens with two attached hydrogens (primary N) is 1. The molecule has 0 aliphatic rings. The fourth-order valence-corrected chi connectivity index (χ4v) is 1.81. The quantitative estimate of drug-likeness (QED) is 0.748. The van der Waals surface area contributed by atoms with Gasteiger partial charge in [0.2, 0.25) is 5.91 Å². The number of carbonyl (C=O) groups is 2. The second kappa shape index (κ2) is 7.11. The van der Waals surface area contributed by atoms with Gasteiger partial charge in [-0.1, -0.05) is 31.4 Å². The van der Waals surface area contributed by atoms with Gasteiger partial charge in [0.1, 0.15) is 0 Å². The molecule has 0 saturated carbocycles. The lowest BCUT2D eigenvalue weighted by molar-refractivity contribution is -0.117. The summed E-state index contributed by atoms with van der Waals surface area (Å²) >= 11 is 5.79. The monoisotopic (exact) mass is 284 g/mol. The van der Waals surface area contributed by atoms with Crippen LogP contribution >= 0.6 is 11.6 Å². The molecule has 6 heteroatoms. The average molecular weight is 285 g/mol. The highest BCUT2D eigenvalue weighted by Crippen LogP contribution is 2.19. The van der Waals surface area contributed by atoms with Gasteiger partial charge in [0.15, 0.2) is 0 Å². The maximum Gasteiger partial charge on any atom is 0.335 e. The van der Waals surface area contributed by atoms with Gasteiger partial charge >= 0.3 is 5.97 Å². The zero-order chi connectivity index (χ0) is 14.4. The molecular weight excluding hydrogens is 268 g/mol. The molecule has 19 heavy (non-hydrogen) atoms. The first-order chi connectivity index (χ1) is 8.93. The van der Waals surface area contributed by atoms with Crippen LogP contribution in [0.3, 0.4) is 0 Å². The summed E-state index contributed by atoms with van der Waals surface area (Å²) in [6.07, 6.45) is 2.42. The predicted octanol–water partition coefficient (Wildman–Crippen LogP) is 2.49. The number of hydrogen-bond acceptors (Lipinski definition) is 3. The molecule has 1 aromatic rings. The third kappa shape index (κ3) is 4.89. The summed E-state index contributed by atoms with van der Waals surface area (Å²) in [5.74, 6) is -1.44. The number of rotatable bonds is 6. The Hall–Kier alpha value is -1.59. The van der Waals surface area contributed by atoms with E-state index in [0.29, 0.717) is 12.1 Å². The van der Waals surface area contributed by atoms with Gasteiger partial charge in [0.05, 0.1) is 11.6 Å². The van der Waals surface area contributed by atoms with E-state index in [0.717, 1.165) is 12.8 Å². The molecule has 0 aliphatic heterocycles. The normalized spacial score (nSPS) is 11.9. The highest BCUT2D eigenvalue weighted by molar-refractivity contribution is 6.31. The zero-order valence-electron chi connectivity index (χ0n) is 10.6. The molecule has 0 fully saturated rings. The molecule has 1 rings (SSSR count). The topological polar surface area (TPSA) is 92.4 Å². The van der Waals surface area contributed by atoms with Gasteiger partial charge in [-0.2, -0.15) is 0 Å². The van der Waals surface area contributed by atoms with Crippen LogP contribution in [0.4, 0.5) is 5.69 Å². The summed E-state index contributed by atoms with van der Waals surface area (Å²) in [4.78, 5) is 22.7. The van der Waals surface area contributed by atoms with Crippen LogP contribution in [0.1, 0.15) is 36.5 Å². The lowest BCUT2D eigenvalue weighted by Crippen LogP contribution is -2.35. The van der Waals surface area contributed by atoms with Gasteiger partial charge in [-0.3, -0.25) is 4.79 Å². The van der Waals surface area contributed by atoms with Crippen molar-refractivity contribution >= 4 is 29.2 Å². The van der Waals surface area contributed by atoms with Gasteiger partial charge < -0.3 is 16.2 Å². The molecule has 0 radical (unpaired) electrons. The number of amides is 1. The van der Waals surface area contributed by atoms with Gasteiger partial charge in [-0.25, -0.2) is 4.79 Å². The van der Waals surface area contributed by atoms with Crippen LogP contribution < -0.4 is 11.1 Å². The predicted molar refractivity (Wildman–Crippen MR) is 74.5 cm³/mol. The lowest BCUT2D eigenvalue weighted by Gasteiger charge is -2.12. The summed E-state index contributed by atoms with van der Waals surface area (Å²) in [5, 5.41) is 11.7. The molecule has 0 aromatic heterocycles. The molecule has 0 spiro atoms. The molecule has 1 amide bonds. The fraction of sp³-hybridized carbons (Fsp3) is 0.385. The maximum absolute atomic E-state index is 11.8. The fourth-order valence-electron chi connectivity index (χ4n) is 1.58. The van der Waals surface area contributed by atoms with Crippen molar-refractivity contribution in [2.24, 2.45) is 5.73 Å². The Bertz CT molecular complexity index is 477. The molecule has 4 N–H and O–H groups in total. The van der Waals surface area contributed by atoms with Gasteiger partial charge in [-0.15, -0.1) is 0 Å². The highest BCUT2D eigenvalue weighted by Gasteiger charge is 2.14. The Morgan fingerprint density at radius 1 is 1.42 bits per heavy atom. The third-order valence-electron chi connectivity index (χ3n) is 2.62. The number of unbranched alkanes of at least 4 members (excludes halogenated alkanes) is 1. The number of anilines is 1. The minimum atomic E-state index is -1.10. The molecule has 1 aromatic carbocycles. The number of carbonyl (C=O) groups excluding carboxylic acids is 1.